The third-order valence-corrected chi connectivity index (χ3v) is 6.82. The Morgan fingerprint density at radius 2 is 1.82 bits per heavy atom. The van der Waals surface area contributed by atoms with Crippen LogP contribution < -0.4 is 5.32 Å². The molecular weight excluding hydrogens is 278 g/mol. The highest BCUT2D eigenvalue weighted by molar-refractivity contribution is 5.80. The van der Waals surface area contributed by atoms with Crippen LogP contribution in [-0.2, 0) is 9.53 Å². The molecule has 4 nitrogen and oxygen atoms in total. The van der Waals surface area contributed by atoms with Gasteiger partial charge in [0.05, 0.1) is 19.3 Å². The highest BCUT2D eigenvalue weighted by atomic mass is 16.5. The monoisotopic (exact) mass is 307 g/mol. The molecule has 0 radical (unpaired) electrons. The minimum Gasteiger partial charge on any atom is -0.394 e. The standard InChI is InChI=1S/C18H29NO3/c20-9-16(13-2-1-3-22-10-13)19-18(21)17-14-5-11-4-12(7-14)8-15(17)6-11/h11-17,20H,1-10H2,(H,19,21). The second-order valence-corrected chi connectivity index (χ2v) is 8.23. The lowest BCUT2D eigenvalue weighted by Crippen LogP contribution is -2.54. The van der Waals surface area contributed by atoms with Gasteiger partial charge in [-0.3, -0.25) is 4.79 Å². The van der Waals surface area contributed by atoms with Gasteiger partial charge in [-0.15, -0.1) is 0 Å². The van der Waals surface area contributed by atoms with E-state index in [0.29, 0.717) is 18.4 Å². The molecule has 4 heteroatoms. The van der Waals surface area contributed by atoms with Crippen LogP contribution in [0.5, 0.6) is 0 Å². The molecular formula is C18H29NO3. The first-order valence-corrected chi connectivity index (χ1v) is 9.23. The first-order chi connectivity index (χ1) is 10.7. The maximum Gasteiger partial charge on any atom is 0.223 e. The Morgan fingerprint density at radius 1 is 1.14 bits per heavy atom. The normalized spacial score (nSPS) is 44.8. The number of amides is 1. The highest BCUT2D eigenvalue weighted by Gasteiger charge is 2.51. The van der Waals surface area contributed by atoms with Gasteiger partial charge in [-0.2, -0.15) is 0 Å². The van der Waals surface area contributed by atoms with Crippen LogP contribution in [0.4, 0.5) is 0 Å². The fraction of sp³-hybridized carbons (Fsp3) is 0.944. The lowest BCUT2D eigenvalue weighted by molar-refractivity contribution is -0.140. The molecule has 1 amide bonds. The van der Waals surface area contributed by atoms with Crippen molar-refractivity contribution in [2.75, 3.05) is 19.8 Å². The fourth-order valence-electron chi connectivity index (χ4n) is 6.03. The first-order valence-electron chi connectivity index (χ1n) is 9.23. The minimum atomic E-state index is -0.120. The second kappa shape index (κ2) is 6.12. The summed E-state index contributed by atoms with van der Waals surface area (Å²) in [6.07, 6.45) is 8.56. The number of hydrogen-bond donors (Lipinski definition) is 2. The van der Waals surface area contributed by atoms with E-state index in [1.165, 1.54) is 32.1 Å². The summed E-state index contributed by atoms with van der Waals surface area (Å²) in [5.74, 6) is 3.72. The summed E-state index contributed by atoms with van der Waals surface area (Å²) in [6.45, 7) is 1.53. The molecule has 5 aliphatic rings. The summed E-state index contributed by atoms with van der Waals surface area (Å²) in [5.41, 5.74) is 0. The number of hydrogen-bond acceptors (Lipinski definition) is 3. The largest absolute Gasteiger partial charge is 0.394 e. The molecule has 22 heavy (non-hydrogen) atoms. The fourth-order valence-corrected chi connectivity index (χ4v) is 6.03. The van der Waals surface area contributed by atoms with Crippen LogP contribution in [0.1, 0.15) is 44.9 Å². The molecule has 2 atom stereocenters. The zero-order valence-electron chi connectivity index (χ0n) is 13.4. The smallest absolute Gasteiger partial charge is 0.223 e. The van der Waals surface area contributed by atoms with Gasteiger partial charge >= 0.3 is 0 Å². The predicted molar refractivity (Wildman–Crippen MR) is 83.1 cm³/mol. The zero-order valence-corrected chi connectivity index (χ0v) is 13.4. The van der Waals surface area contributed by atoms with Gasteiger partial charge < -0.3 is 15.2 Å². The molecule has 2 unspecified atom stereocenters. The first kappa shape index (κ1) is 14.9. The quantitative estimate of drug-likeness (QED) is 0.835. The van der Waals surface area contributed by atoms with E-state index in [1.54, 1.807) is 0 Å². The maximum absolute atomic E-state index is 12.9. The molecule has 4 saturated carbocycles. The molecule has 5 rings (SSSR count). The van der Waals surface area contributed by atoms with Gasteiger partial charge in [0, 0.05) is 18.4 Å². The van der Waals surface area contributed by atoms with E-state index in [0.717, 1.165) is 31.3 Å². The Bertz CT molecular complexity index is 391. The molecule has 2 N–H and O–H groups in total. The Balaban J connectivity index is 1.40. The van der Waals surface area contributed by atoms with E-state index in [2.05, 4.69) is 5.32 Å². The molecule has 124 valence electrons. The van der Waals surface area contributed by atoms with E-state index in [9.17, 15) is 9.90 Å². The molecule has 1 heterocycles. The lowest BCUT2D eigenvalue weighted by Gasteiger charge is -2.53. The van der Waals surface area contributed by atoms with Gasteiger partial charge in [0.15, 0.2) is 0 Å². The molecule has 4 aliphatic carbocycles. The average Bonchev–Trinajstić information content (AvgIpc) is 2.52. The third kappa shape index (κ3) is 2.69. The number of carbonyl (C=O) groups is 1. The van der Waals surface area contributed by atoms with E-state index in [4.69, 9.17) is 4.74 Å². The van der Waals surface area contributed by atoms with Crippen molar-refractivity contribution in [2.45, 2.75) is 51.0 Å². The van der Waals surface area contributed by atoms with Crippen LogP contribution in [0.15, 0.2) is 0 Å². The Kier molecular flexibility index (Phi) is 4.16. The van der Waals surface area contributed by atoms with E-state index < -0.39 is 0 Å². The second-order valence-electron chi connectivity index (χ2n) is 8.23. The van der Waals surface area contributed by atoms with Crippen molar-refractivity contribution in [3.8, 4) is 0 Å². The summed E-state index contributed by atoms with van der Waals surface area (Å²) >= 11 is 0. The summed E-state index contributed by atoms with van der Waals surface area (Å²) in [6, 6.07) is -0.120. The minimum absolute atomic E-state index is 0.0348. The van der Waals surface area contributed by atoms with Crippen molar-refractivity contribution >= 4 is 5.91 Å². The van der Waals surface area contributed by atoms with Gasteiger partial charge in [-0.1, -0.05) is 0 Å². The van der Waals surface area contributed by atoms with Gasteiger partial charge in [0.25, 0.3) is 0 Å². The summed E-state index contributed by atoms with van der Waals surface area (Å²) < 4.78 is 5.52. The Labute approximate surface area is 133 Å². The summed E-state index contributed by atoms with van der Waals surface area (Å²) in [4.78, 5) is 12.9. The van der Waals surface area contributed by atoms with Gasteiger partial charge in [0.1, 0.15) is 0 Å². The van der Waals surface area contributed by atoms with E-state index in [-0.39, 0.29) is 30.4 Å². The van der Waals surface area contributed by atoms with Crippen LogP contribution in [0, 0.1) is 35.5 Å². The van der Waals surface area contributed by atoms with Crippen molar-refractivity contribution in [1.82, 2.24) is 5.32 Å². The molecule has 4 bridgehead atoms. The lowest BCUT2D eigenvalue weighted by atomic mass is 9.51. The van der Waals surface area contributed by atoms with Crippen molar-refractivity contribution in [2.24, 2.45) is 35.5 Å². The van der Waals surface area contributed by atoms with Crippen molar-refractivity contribution in [1.29, 1.82) is 0 Å². The zero-order chi connectivity index (χ0) is 15.1. The highest BCUT2D eigenvalue weighted by Crippen LogP contribution is 2.56. The average molecular weight is 307 g/mol. The predicted octanol–water partition coefficient (Wildman–Crippen LogP) is 1.96. The molecule has 0 spiro atoms. The van der Waals surface area contributed by atoms with Gasteiger partial charge in [-0.25, -0.2) is 0 Å². The van der Waals surface area contributed by atoms with Crippen LogP contribution in [0.25, 0.3) is 0 Å². The van der Waals surface area contributed by atoms with Gasteiger partial charge in [0.2, 0.25) is 5.91 Å². The number of aliphatic hydroxyl groups is 1. The Hall–Kier alpha value is -0.610. The number of carbonyl (C=O) groups excluding carboxylic acids is 1. The number of rotatable bonds is 4. The van der Waals surface area contributed by atoms with Crippen LogP contribution in [0.3, 0.4) is 0 Å². The number of aliphatic hydroxyl groups excluding tert-OH is 1. The maximum atomic E-state index is 12.9. The summed E-state index contributed by atoms with van der Waals surface area (Å²) in [5, 5.41) is 12.9. The molecule has 1 saturated heterocycles. The van der Waals surface area contributed by atoms with Crippen LogP contribution in [-0.4, -0.2) is 36.9 Å². The van der Waals surface area contributed by atoms with Crippen molar-refractivity contribution < 1.29 is 14.6 Å². The molecule has 0 aromatic carbocycles. The third-order valence-electron chi connectivity index (χ3n) is 6.82. The summed E-state index contributed by atoms with van der Waals surface area (Å²) in [7, 11) is 0. The van der Waals surface area contributed by atoms with Gasteiger partial charge in [-0.05, 0) is 68.6 Å². The number of nitrogens with one attached hydrogen (secondary N) is 1. The van der Waals surface area contributed by atoms with Crippen LogP contribution >= 0.6 is 0 Å². The molecule has 0 aromatic rings. The van der Waals surface area contributed by atoms with Crippen molar-refractivity contribution in [3.05, 3.63) is 0 Å². The Morgan fingerprint density at radius 3 is 2.36 bits per heavy atom. The molecule has 1 aliphatic heterocycles. The van der Waals surface area contributed by atoms with Crippen LogP contribution in [0.2, 0.25) is 0 Å². The number of ether oxygens (including phenoxy) is 1. The SMILES string of the molecule is O=C(NC(CO)C1CCCOC1)C1C2CC3CC(C2)CC1C3. The van der Waals surface area contributed by atoms with E-state index in [1.807, 2.05) is 0 Å². The van der Waals surface area contributed by atoms with Crippen molar-refractivity contribution in [3.63, 3.8) is 0 Å². The topological polar surface area (TPSA) is 58.6 Å². The van der Waals surface area contributed by atoms with E-state index >= 15 is 0 Å². The molecule has 5 fully saturated rings. The molecule has 0 aromatic heterocycles.